The fraction of sp³-hybridized carbons (Fsp3) is 0.588. The number of rotatable bonds is 7. The number of guanidine groups is 1. The minimum absolute atomic E-state index is 0.607. The molecular weight excluding hydrogens is 296 g/mol. The summed E-state index contributed by atoms with van der Waals surface area (Å²) < 4.78 is 0. The number of halogens is 1. The zero-order valence-corrected chi connectivity index (χ0v) is 14.5. The molecule has 22 heavy (non-hydrogen) atoms. The average Bonchev–Trinajstić information content (AvgIpc) is 3.31. The van der Waals surface area contributed by atoms with Crippen LogP contribution in [-0.2, 0) is 6.54 Å². The Morgan fingerprint density at radius 2 is 2.14 bits per heavy atom. The molecule has 1 aliphatic rings. The van der Waals surface area contributed by atoms with Gasteiger partial charge in [-0.05, 0) is 44.4 Å². The molecule has 122 valence electrons. The predicted molar refractivity (Wildman–Crippen MR) is 94.5 cm³/mol. The molecule has 1 saturated carbocycles. The van der Waals surface area contributed by atoms with E-state index in [1.165, 1.54) is 12.8 Å². The van der Waals surface area contributed by atoms with E-state index in [1.807, 2.05) is 18.2 Å². The summed E-state index contributed by atoms with van der Waals surface area (Å²) in [6.45, 7) is 7.22. The zero-order valence-electron chi connectivity index (χ0n) is 13.8. The van der Waals surface area contributed by atoms with Gasteiger partial charge in [-0.1, -0.05) is 23.7 Å². The smallest absolute Gasteiger partial charge is 0.191 e. The molecule has 1 fully saturated rings. The van der Waals surface area contributed by atoms with Gasteiger partial charge in [0.25, 0.3) is 0 Å². The summed E-state index contributed by atoms with van der Waals surface area (Å²) in [7, 11) is 1.80. The summed E-state index contributed by atoms with van der Waals surface area (Å²) in [6, 6.07) is 9.27. The minimum atomic E-state index is 0.607. The van der Waals surface area contributed by atoms with Crippen molar-refractivity contribution in [2.24, 2.45) is 4.99 Å². The third kappa shape index (κ3) is 5.50. The van der Waals surface area contributed by atoms with E-state index in [2.05, 4.69) is 40.4 Å². The molecule has 5 heteroatoms. The standard InChI is InChI=1S/C17H27ClN4/c1-13(2)22(16-7-8-16)10-9-20-17(19-3)21-12-14-5-4-6-15(18)11-14/h4-6,11,13,16H,7-10,12H2,1-3H3,(H2,19,20,21). The summed E-state index contributed by atoms with van der Waals surface area (Å²) in [5, 5.41) is 7.47. The summed E-state index contributed by atoms with van der Waals surface area (Å²) >= 11 is 6.00. The van der Waals surface area contributed by atoms with Gasteiger partial charge >= 0.3 is 0 Å². The van der Waals surface area contributed by atoms with Gasteiger partial charge in [0, 0.05) is 43.8 Å². The molecule has 2 rings (SSSR count). The van der Waals surface area contributed by atoms with Crippen molar-refractivity contribution in [3.63, 3.8) is 0 Å². The highest BCUT2D eigenvalue weighted by Gasteiger charge is 2.29. The van der Waals surface area contributed by atoms with Crippen LogP contribution in [0.5, 0.6) is 0 Å². The molecule has 0 spiro atoms. The first kappa shape index (κ1) is 17.1. The van der Waals surface area contributed by atoms with E-state index in [9.17, 15) is 0 Å². The lowest BCUT2D eigenvalue weighted by molar-refractivity contribution is 0.215. The van der Waals surface area contributed by atoms with Gasteiger partial charge in [-0.2, -0.15) is 0 Å². The summed E-state index contributed by atoms with van der Waals surface area (Å²) in [4.78, 5) is 6.84. The van der Waals surface area contributed by atoms with Gasteiger partial charge in [-0.3, -0.25) is 9.89 Å². The molecule has 1 aromatic rings. The van der Waals surface area contributed by atoms with E-state index in [1.54, 1.807) is 7.05 Å². The van der Waals surface area contributed by atoms with Crippen molar-refractivity contribution < 1.29 is 0 Å². The van der Waals surface area contributed by atoms with Crippen molar-refractivity contribution in [2.75, 3.05) is 20.1 Å². The highest BCUT2D eigenvalue weighted by molar-refractivity contribution is 6.30. The molecule has 0 aromatic heterocycles. The van der Waals surface area contributed by atoms with Crippen molar-refractivity contribution in [1.82, 2.24) is 15.5 Å². The van der Waals surface area contributed by atoms with Gasteiger partial charge < -0.3 is 10.6 Å². The molecule has 0 unspecified atom stereocenters. The molecule has 0 aliphatic heterocycles. The lowest BCUT2D eigenvalue weighted by Gasteiger charge is -2.26. The lowest BCUT2D eigenvalue weighted by atomic mass is 10.2. The Kier molecular flexibility index (Phi) is 6.52. The molecule has 0 amide bonds. The van der Waals surface area contributed by atoms with Crippen molar-refractivity contribution in [1.29, 1.82) is 0 Å². The second kappa shape index (κ2) is 8.39. The third-order valence-electron chi connectivity index (χ3n) is 3.91. The molecule has 2 N–H and O–H groups in total. The Hall–Kier alpha value is -1.26. The van der Waals surface area contributed by atoms with E-state index in [0.717, 1.165) is 42.2 Å². The molecule has 1 aromatic carbocycles. The van der Waals surface area contributed by atoms with Crippen LogP contribution >= 0.6 is 11.6 Å². The fourth-order valence-corrected chi connectivity index (χ4v) is 2.84. The minimum Gasteiger partial charge on any atom is -0.355 e. The van der Waals surface area contributed by atoms with Crippen molar-refractivity contribution >= 4 is 17.6 Å². The van der Waals surface area contributed by atoms with E-state index in [4.69, 9.17) is 11.6 Å². The molecule has 0 atom stereocenters. The van der Waals surface area contributed by atoms with E-state index < -0.39 is 0 Å². The van der Waals surface area contributed by atoms with Gasteiger partial charge in [0.1, 0.15) is 0 Å². The molecule has 0 saturated heterocycles. The molecule has 4 nitrogen and oxygen atoms in total. The second-order valence-electron chi connectivity index (χ2n) is 6.05. The largest absolute Gasteiger partial charge is 0.355 e. The first-order chi connectivity index (χ1) is 10.6. The number of benzene rings is 1. The van der Waals surface area contributed by atoms with Gasteiger partial charge in [0.05, 0.1) is 0 Å². The van der Waals surface area contributed by atoms with Crippen LogP contribution in [0.2, 0.25) is 5.02 Å². The fourth-order valence-electron chi connectivity index (χ4n) is 2.63. The highest BCUT2D eigenvalue weighted by atomic mass is 35.5. The van der Waals surface area contributed by atoms with Crippen LogP contribution < -0.4 is 10.6 Å². The first-order valence-corrected chi connectivity index (χ1v) is 8.42. The Morgan fingerprint density at radius 3 is 2.73 bits per heavy atom. The third-order valence-corrected chi connectivity index (χ3v) is 4.15. The van der Waals surface area contributed by atoms with Crippen LogP contribution in [0.25, 0.3) is 0 Å². The lowest BCUT2D eigenvalue weighted by Crippen LogP contribution is -2.43. The van der Waals surface area contributed by atoms with Crippen LogP contribution in [0.4, 0.5) is 0 Å². The molecular formula is C17H27ClN4. The number of aliphatic imine (C=N–C) groups is 1. The highest BCUT2D eigenvalue weighted by Crippen LogP contribution is 2.27. The quantitative estimate of drug-likeness (QED) is 0.599. The van der Waals surface area contributed by atoms with Crippen LogP contribution in [0.15, 0.2) is 29.3 Å². The maximum Gasteiger partial charge on any atom is 0.191 e. The molecule has 0 radical (unpaired) electrons. The predicted octanol–water partition coefficient (Wildman–Crippen LogP) is 2.88. The SMILES string of the molecule is CN=C(NCCN(C(C)C)C1CC1)NCc1cccc(Cl)c1. The van der Waals surface area contributed by atoms with Crippen molar-refractivity contribution in [3.05, 3.63) is 34.9 Å². The van der Waals surface area contributed by atoms with Crippen molar-refractivity contribution in [2.45, 2.75) is 45.3 Å². The first-order valence-electron chi connectivity index (χ1n) is 8.05. The number of hydrogen-bond acceptors (Lipinski definition) is 2. The molecule has 0 bridgehead atoms. The van der Waals surface area contributed by atoms with Gasteiger partial charge in [-0.15, -0.1) is 0 Å². The van der Waals surface area contributed by atoms with Crippen molar-refractivity contribution in [3.8, 4) is 0 Å². The second-order valence-corrected chi connectivity index (χ2v) is 6.48. The number of hydrogen-bond donors (Lipinski definition) is 2. The Labute approximate surface area is 138 Å². The monoisotopic (exact) mass is 322 g/mol. The van der Waals surface area contributed by atoms with Gasteiger partial charge in [-0.25, -0.2) is 0 Å². The van der Waals surface area contributed by atoms with E-state index >= 15 is 0 Å². The summed E-state index contributed by atoms with van der Waals surface area (Å²) in [5.41, 5.74) is 1.15. The van der Waals surface area contributed by atoms with E-state index in [0.29, 0.717) is 6.04 Å². The maximum atomic E-state index is 6.00. The maximum absolute atomic E-state index is 6.00. The van der Waals surface area contributed by atoms with Crippen LogP contribution in [0.3, 0.4) is 0 Å². The van der Waals surface area contributed by atoms with Gasteiger partial charge in [0.15, 0.2) is 5.96 Å². The van der Waals surface area contributed by atoms with Crippen LogP contribution in [0, 0.1) is 0 Å². The summed E-state index contributed by atoms with van der Waals surface area (Å²) in [5.74, 6) is 0.833. The molecule has 1 aliphatic carbocycles. The molecule has 0 heterocycles. The Balaban J connectivity index is 1.73. The normalized spacial score (nSPS) is 15.5. The zero-order chi connectivity index (χ0) is 15.9. The van der Waals surface area contributed by atoms with Crippen LogP contribution in [-0.4, -0.2) is 43.1 Å². The van der Waals surface area contributed by atoms with E-state index in [-0.39, 0.29) is 0 Å². The Bertz CT molecular complexity index is 495. The summed E-state index contributed by atoms with van der Waals surface area (Å²) in [6.07, 6.45) is 2.69. The number of nitrogens with one attached hydrogen (secondary N) is 2. The number of nitrogens with zero attached hydrogens (tertiary/aromatic N) is 2. The Morgan fingerprint density at radius 1 is 1.36 bits per heavy atom. The van der Waals surface area contributed by atoms with Gasteiger partial charge in [0.2, 0.25) is 0 Å². The topological polar surface area (TPSA) is 39.7 Å². The van der Waals surface area contributed by atoms with Crippen LogP contribution in [0.1, 0.15) is 32.3 Å². The average molecular weight is 323 g/mol.